The number of nitrogens with one attached hydrogen (secondary N) is 2. The molecule has 3 rings (SSSR count). The van der Waals surface area contributed by atoms with Crippen LogP contribution in [0.15, 0.2) is 36.0 Å². The van der Waals surface area contributed by atoms with Gasteiger partial charge in [-0.05, 0) is 71.8 Å². The molecule has 2 amide bonds. The molecule has 0 bridgehead atoms. The lowest BCUT2D eigenvalue weighted by molar-refractivity contribution is -0.207. The van der Waals surface area contributed by atoms with Gasteiger partial charge in [-0.1, -0.05) is 30.7 Å². The second-order valence-corrected chi connectivity index (χ2v) is 12.3. The maximum Gasteiger partial charge on any atom is 0.293 e. The van der Waals surface area contributed by atoms with Gasteiger partial charge in [0.15, 0.2) is 0 Å². The molecule has 0 aromatic rings. The van der Waals surface area contributed by atoms with Crippen LogP contribution in [0.25, 0.3) is 0 Å². The summed E-state index contributed by atoms with van der Waals surface area (Å²) in [5.74, 6) is -0.0499. The minimum absolute atomic E-state index is 0.0000724. The first kappa shape index (κ1) is 34.0. The highest BCUT2D eigenvalue weighted by atomic mass is 16.5. The van der Waals surface area contributed by atoms with Crippen molar-refractivity contribution in [3.8, 4) is 0 Å². The van der Waals surface area contributed by atoms with Gasteiger partial charge in [-0.2, -0.15) is 0 Å². The van der Waals surface area contributed by atoms with Crippen LogP contribution in [0.4, 0.5) is 0 Å². The number of aliphatic hydroxyl groups is 1. The third kappa shape index (κ3) is 9.76. The zero-order chi connectivity index (χ0) is 30.9. The summed E-state index contributed by atoms with van der Waals surface area (Å²) in [6, 6.07) is 0.151. The fourth-order valence-corrected chi connectivity index (χ4v) is 5.70. The zero-order valence-corrected chi connectivity index (χ0v) is 25.9. The summed E-state index contributed by atoms with van der Waals surface area (Å²) in [5.41, 5.74) is 0.183. The van der Waals surface area contributed by atoms with E-state index in [-0.39, 0.29) is 54.5 Å². The van der Waals surface area contributed by atoms with Crippen LogP contribution in [0.5, 0.6) is 0 Å². The third-order valence-corrected chi connectivity index (χ3v) is 8.82. The van der Waals surface area contributed by atoms with Gasteiger partial charge in [0, 0.05) is 25.6 Å². The van der Waals surface area contributed by atoms with Crippen molar-refractivity contribution in [3.05, 3.63) is 36.0 Å². The number of methoxy groups -OCH3 is 1. The van der Waals surface area contributed by atoms with Crippen LogP contribution < -0.4 is 10.6 Å². The van der Waals surface area contributed by atoms with Gasteiger partial charge < -0.3 is 34.7 Å². The third-order valence-electron chi connectivity index (χ3n) is 8.82. The Balaban J connectivity index is 1.52. The van der Waals surface area contributed by atoms with Gasteiger partial charge in [0.05, 0.1) is 36.4 Å². The first-order valence-corrected chi connectivity index (χ1v) is 15.2. The minimum atomic E-state index is -0.872. The Labute approximate surface area is 250 Å². The molecule has 0 aromatic carbocycles. The molecule has 0 aromatic heterocycles. The highest BCUT2D eigenvalue weighted by molar-refractivity contribution is 5.87. The Hall–Kier alpha value is -2.53. The average Bonchev–Trinajstić information content (AvgIpc) is 2.92. The fraction of sp³-hybridized carbons (Fsp3) is 0.719. The van der Waals surface area contributed by atoms with Crippen LogP contribution in [0.3, 0.4) is 0 Å². The standard InChI is InChI=1S/C32H50N2O8/c1-20(10-13-27-21(2)16-26(23(4)41-27)34-29(36)15-12-22(3)40-19-35)11-14-28-31(38)32(5,39-6)18-25(42-28)17-30(37)33-24-8-7-9-24/h10-12,14-15,19,21-28,31,38H,7-9,13,16-18H2,1-6H3,(H,33,37)(H,34,36)/b14-11+,15-12-,20-10+/t21?,22?,23?,25-,26?,27?,28?,31-,32?/m1/s1. The summed E-state index contributed by atoms with van der Waals surface area (Å²) in [5, 5.41) is 17.1. The SMILES string of the molecule is COC1(C)C[C@@H](CC(=O)NC2CCC2)OC(/C=C/C(C)=C/CC2OC(C)C(NC(=O)/C=C\C(C)OC=O)CC2C)[C@H]1O. The molecule has 2 heterocycles. The fourth-order valence-electron chi connectivity index (χ4n) is 5.70. The van der Waals surface area contributed by atoms with Crippen LogP contribution in [0.1, 0.15) is 79.6 Å². The maximum atomic E-state index is 12.5. The average molecular weight is 591 g/mol. The summed E-state index contributed by atoms with van der Waals surface area (Å²) < 4.78 is 22.9. The Morgan fingerprint density at radius 1 is 1.17 bits per heavy atom. The number of aliphatic hydroxyl groups excluding tert-OH is 1. The van der Waals surface area contributed by atoms with Crippen molar-refractivity contribution >= 4 is 18.3 Å². The van der Waals surface area contributed by atoms with Crippen LogP contribution in [0.2, 0.25) is 0 Å². The van der Waals surface area contributed by atoms with Gasteiger partial charge in [0.25, 0.3) is 6.47 Å². The summed E-state index contributed by atoms with van der Waals surface area (Å²) in [6.07, 6.45) is 11.7. The molecular formula is C32H50N2O8. The summed E-state index contributed by atoms with van der Waals surface area (Å²) in [7, 11) is 1.58. The lowest BCUT2D eigenvalue weighted by Gasteiger charge is -2.44. The van der Waals surface area contributed by atoms with Gasteiger partial charge in [0.2, 0.25) is 11.8 Å². The second-order valence-electron chi connectivity index (χ2n) is 12.3. The Morgan fingerprint density at radius 3 is 2.55 bits per heavy atom. The number of rotatable bonds is 13. The summed E-state index contributed by atoms with van der Waals surface area (Å²) >= 11 is 0. The van der Waals surface area contributed by atoms with Crippen LogP contribution in [-0.2, 0) is 33.3 Å². The van der Waals surface area contributed by atoms with E-state index >= 15 is 0 Å². The Kier molecular flexibility index (Phi) is 12.8. The van der Waals surface area contributed by atoms with Crippen molar-refractivity contribution < 1.29 is 38.4 Å². The molecule has 10 heteroatoms. The minimum Gasteiger partial charge on any atom is -0.461 e. The van der Waals surface area contributed by atoms with Gasteiger partial charge in [-0.3, -0.25) is 14.4 Å². The molecule has 7 unspecified atom stereocenters. The smallest absolute Gasteiger partial charge is 0.293 e. The largest absolute Gasteiger partial charge is 0.461 e. The lowest BCUT2D eigenvalue weighted by Crippen LogP contribution is -2.56. The molecular weight excluding hydrogens is 540 g/mol. The summed E-state index contributed by atoms with van der Waals surface area (Å²) in [4.78, 5) is 35.2. The number of hydrogen-bond acceptors (Lipinski definition) is 8. The Bertz CT molecular complexity index is 1010. The molecule has 236 valence electrons. The van der Waals surface area contributed by atoms with E-state index in [1.807, 2.05) is 32.9 Å². The predicted molar refractivity (Wildman–Crippen MR) is 158 cm³/mol. The Morgan fingerprint density at radius 2 is 1.90 bits per heavy atom. The quantitative estimate of drug-likeness (QED) is 0.169. The number of ether oxygens (including phenoxy) is 4. The van der Waals surface area contributed by atoms with Crippen LogP contribution in [-0.4, -0.2) is 84.8 Å². The predicted octanol–water partition coefficient (Wildman–Crippen LogP) is 3.28. The van der Waals surface area contributed by atoms with Gasteiger partial charge >= 0.3 is 0 Å². The van der Waals surface area contributed by atoms with Crippen molar-refractivity contribution in [2.75, 3.05) is 7.11 Å². The van der Waals surface area contributed by atoms with Crippen molar-refractivity contribution in [2.45, 2.75) is 134 Å². The molecule has 0 radical (unpaired) electrons. The topological polar surface area (TPSA) is 132 Å². The van der Waals surface area contributed by atoms with Crippen LogP contribution >= 0.6 is 0 Å². The molecule has 9 atom stereocenters. The van der Waals surface area contributed by atoms with Crippen molar-refractivity contribution in [3.63, 3.8) is 0 Å². The van der Waals surface area contributed by atoms with Crippen molar-refractivity contribution in [1.29, 1.82) is 0 Å². The van der Waals surface area contributed by atoms with E-state index in [0.29, 0.717) is 19.3 Å². The van der Waals surface area contributed by atoms with E-state index in [2.05, 4.69) is 23.6 Å². The van der Waals surface area contributed by atoms with E-state index in [9.17, 15) is 19.5 Å². The lowest BCUT2D eigenvalue weighted by atomic mass is 9.84. The number of allylic oxidation sites excluding steroid dienone is 2. The normalized spacial score (nSPS) is 35.0. The first-order valence-electron chi connectivity index (χ1n) is 15.2. The monoisotopic (exact) mass is 590 g/mol. The van der Waals surface area contributed by atoms with E-state index in [1.54, 1.807) is 14.0 Å². The van der Waals surface area contributed by atoms with Crippen molar-refractivity contribution in [1.82, 2.24) is 10.6 Å². The van der Waals surface area contributed by atoms with Gasteiger partial charge in [0.1, 0.15) is 18.3 Å². The van der Waals surface area contributed by atoms with E-state index < -0.39 is 23.9 Å². The van der Waals surface area contributed by atoms with Crippen LogP contribution in [0, 0.1) is 5.92 Å². The number of amides is 2. The zero-order valence-electron chi connectivity index (χ0n) is 25.9. The van der Waals surface area contributed by atoms with E-state index in [1.165, 1.54) is 12.2 Å². The molecule has 1 aliphatic carbocycles. The number of carbonyl (C=O) groups excluding carboxylic acids is 3. The number of hydrogen-bond donors (Lipinski definition) is 3. The first-order chi connectivity index (χ1) is 19.9. The molecule has 3 aliphatic rings. The number of carbonyl (C=O) groups is 3. The molecule has 3 N–H and O–H groups in total. The highest BCUT2D eigenvalue weighted by Crippen LogP contribution is 2.34. The highest BCUT2D eigenvalue weighted by Gasteiger charge is 2.46. The molecule has 0 spiro atoms. The molecule has 1 saturated carbocycles. The molecule has 10 nitrogen and oxygen atoms in total. The van der Waals surface area contributed by atoms with E-state index in [0.717, 1.165) is 31.3 Å². The molecule has 3 fully saturated rings. The molecule has 2 aliphatic heterocycles. The molecule has 2 saturated heterocycles. The van der Waals surface area contributed by atoms with E-state index in [4.69, 9.17) is 18.9 Å². The summed E-state index contributed by atoms with van der Waals surface area (Å²) in [6.45, 7) is 9.96. The van der Waals surface area contributed by atoms with Gasteiger partial charge in [-0.25, -0.2) is 0 Å². The second kappa shape index (κ2) is 15.8. The van der Waals surface area contributed by atoms with Crippen molar-refractivity contribution in [2.24, 2.45) is 5.92 Å². The maximum absolute atomic E-state index is 12.5. The van der Waals surface area contributed by atoms with Gasteiger partial charge in [-0.15, -0.1) is 0 Å². The molecule has 42 heavy (non-hydrogen) atoms.